The number of sulfonamides is 1. The third-order valence-electron chi connectivity index (χ3n) is 4.76. The molecule has 1 fully saturated rings. The number of rotatable bonds is 4. The number of nitrogens with zero attached hydrogens (tertiary/aromatic N) is 2. The number of benzene rings is 2. The Morgan fingerprint density at radius 3 is 2.34 bits per heavy atom. The van der Waals surface area contributed by atoms with Gasteiger partial charge in [0.05, 0.1) is 16.1 Å². The largest absolute Gasteiger partial charge is 0.331 e. The Morgan fingerprint density at radius 1 is 1.07 bits per heavy atom. The van der Waals surface area contributed by atoms with Crippen molar-refractivity contribution in [2.24, 2.45) is 0 Å². The van der Waals surface area contributed by atoms with Crippen molar-refractivity contribution < 1.29 is 17.6 Å². The van der Waals surface area contributed by atoms with Crippen molar-refractivity contribution >= 4 is 39.3 Å². The monoisotopic (exact) mass is 459 g/mol. The highest BCUT2D eigenvalue weighted by Crippen LogP contribution is 2.26. The first kappa shape index (κ1) is 21.8. The lowest BCUT2D eigenvalue weighted by atomic mass is 10.1. The first-order chi connectivity index (χ1) is 13.7. The summed E-state index contributed by atoms with van der Waals surface area (Å²) in [5.74, 6) is -0.789. The van der Waals surface area contributed by atoms with Gasteiger partial charge < -0.3 is 10.2 Å². The van der Waals surface area contributed by atoms with E-state index in [1.165, 1.54) is 27.4 Å². The van der Waals surface area contributed by atoms with E-state index in [-0.39, 0.29) is 43.1 Å². The SMILES string of the molecule is CC(NC(=O)N1CCN(S(=O)(=O)c2ccccc2F)CC1)c1ccc(Cl)c(Cl)c1. The predicted molar refractivity (Wildman–Crippen MR) is 110 cm³/mol. The fourth-order valence-corrected chi connectivity index (χ4v) is 4.86. The number of carbonyl (C=O) groups excluding carboxylic acids is 1. The molecule has 10 heteroatoms. The molecular formula is C19H20Cl2FN3O3S. The lowest BCUT2D eigenvalue weighted by Crippen LogP contribution is -2.53. The van der Waals surface area contributed by atoms with Crippen molar-refractivity contribution in [2.75, 3.05) is 26.2 Å². The first-order valence-electron chi connectivity index (χ1n) is 8.95. The maximum Gasteiger partial charge on any atom is 0.317 e. The highest BCUT2D eigenvalue weighted by Gasteiger charge is 2.32. The molecule has 1 aliphatic heterocycles. The molecule has 0 bridgehead atoms. The normalized spacial score (nSPS) is 16.5. The van der Waals surface area contributed by atoms with Gasteiger partial charge in [0.1, 0.15) is 10.7 Å². The van der Waals surface area contributed by atoms with Crippen LogP contribution in [-0.2, 0) is 10.0 Å². The minimum atomic E-state index is -3.94. The average molecular weight is 460 g/mol. The van der Waals surface area contributed by atoms with E-state index in [0.717, 1.165) is 11.6 Å². The van der Waals surface area contributed by atoms with E-state index in [1.54, 1.807) is 18.2 Å². The van der Waals surface area contributed by atoms with Crippen LogP contribution in [0.1, 0.15) is 18.5 Å². The highest BCUT2D eigenvalue weighted by molar-refractivity contribution is 7.89. The number of carbonyl (C=O) groups is 1. The molecule has 0 radical (unpaired) electrons. The van der Waals surface area contributed by atoms with Crippen molar-refractivity contribution in [3.05, 3.63) is 63.9 Å². The quantitative estimate of drug-likeness (QED) is 0.753. The Hall–Kier alpha value is -1.87. The van der Waals surface area contributed by atoms with Crippen LogP contribution in [0.15, 0.2) is 47.4 Å². The Balaban J connectivity index is 1.61. The van der Waals surface area contributed by atoms with Crippen LogP contribution in [-0.4, -0.2) is 49.8 Å². The number of nitrogens with one attached hydrogen (secondary N) is 1. The van der Waals surface area contributed by atoms with Gasteiger partial charge in [0.25, 0.3) is 0 Å². The summed E-state index contributed by atoms with van der Waals surface area (Å²) in [6.45, 7) is 2.40. The van der Waals surface area contributed by atoms with Gasteiger partial charge >= 0.3 is 6.03 Å². The number of piperazine rings is 1. The van der Waals surface area contributed by atoms with Crippen LogP contribution in [0.25, 0.3) is 0 Å². The molecule has 0 aliphatic carbocycles. The molecule has 6 nitrogen and oxygen atoms in total. The molecule has 2 aromatic carbocycles. The topological polar surface area (TPSA) is 69.7 Å². The molecule has 2 amide bonds. The van der Waals surface area contributed by atoms with Crippen molar-refractivity contribution in [3.8, 4) is 0 Å². The van der Waals surface area contributed by atoms with E-state index in [4.69, 9.17) is 23.2 Å². The zero-order valence-corrected chi connectivity index (χ0v) is 17.9. The molecule has 1 saturated heterocycles. The lowest BCUT2D eigenvalue weighted by molar-refractivity contribution is 0.169. The van der Waals surface area contributed by atoms with E-state index in [0.29, 0.717) is 10.0 Å². The van der Waals surface area contributed by atoms with E-state index >= 15 is 0 Å². The second-order valence-electron chi connectivity index (χ2n) is 6.67. The van der Waals surface area contributed by atoms with Gasteiger partial charge in [-0.05, 0) is 36.8 Å². The van der Waals surface area contributed by atoms with Gasteiger partial charge in [-0.25, -0.2) is 17.6 Å². The molecular weight excluding hydrogens is 440 g/mol. The smallest absolute Gasteiger partial charge is 0.317 e. The Kier molecular flexibility index (Phi) is 6.68. The first-order valence-corrected chi connectivity index (χ1v) is 11.1. The molecule has 156 valence electrons. The standard InChI is InChI=1S/C19H20Cl2FN3O3S/c1-13(14-6-7-15(20)16(21)12-14)23-19(26)24-8-10-25(11-9-24)29(27,28)18-5-3-2-4-17(18)22/h2-7,12-13H,8-11H2,1H3,(H,23,26). The molecule has 1 unspecified atom stereocenters. The Bertz CT molecular complexity index is 1010. The fraction of sp³-hybridized carbons (Fsp3) is 0.316. The maximum atomic E-state index is 13.9. The van der Waals surface area contributed by atoms with Crippen LogP contribution in [0.5, 0.6) is 0 Å². The van der Waals surface area contributed by atoms with Gasteiger partial charge in [-0.3, -0.25) is 0 Å². The van der Waals surface area contributed by atoms with Crippen molar-refractivity contribution in [1.29, 1.82) is 0 Å². The maximum absolute atomic E-state index is 13.9. The van der Waals surface area contributed by atoms with Gasteiger partial charge in [0.2, 0.25) is 10.0 Å². The number of urea groups is 1. The van der Waals surface area contributed by atoms with E-state index in [9.17, 15) is 17.6 Å². The molecule has 0 aromatic heterocycles. The number of halogens is 3. The minimum Gasteiger partial charge on any atom is -0.331 e. The van der Waals surface area contributed by atoms with Crippen LogP contribution >= 0.6 is 23.2 Å². The molecule has 1 N–H and O–H groups in total. The van der Waals surface area contributed by atoms with E-state index in [1.807, 2.05) is 6.92 Å². The highest BCUT2D eigenvalue weighted by atomic mass is 35.5. The summed E-state index contributed by atoms with van der Waals surface area (Å²) in [5, 5.41) is 3.70. The zero-order valence-electron chi connectivity index (χ0n) is 15.6. The Labute approximate surface area is 179 Å². The molecule has 2 aromatic rings. The molecule has 1 aliphatic rings. The average Bonchev–Trinajstić information content (AvgIpc) is 2.70. The van der Waals surface area contributed by atoms with E-state index in [2.05, 4.69) is 5.32 Å². The predicted octanol–water partition coefficient (Wildman–Crippen LogP) is 3.91. The van der Waals surface area contributed by atoms with Crippen LogP contribution < -0.4 is 5.32 Å². The molecule has 1 atom stereocenters. The summed E-state index contributed by atoms with van der Waals surface area (Å²) < 4.78 is 40.4. The second kappa shape index (κ2) is 8.87. The third-order valence-corrected chi connectivity index (χ3v) is 7.43. The molecule has 0 spiro atoms. The van der Waals surface area contributed by atoms with Crippen molar-refractivity contribution in [1.82, 2.24) is 14.5 Å². The minimum absolute atomic E-state index is 0.0885. The van der Waals surface area contributed by atoms with Gasteiger partial charge in [0, 0.05) is 26.2 Å². The third kappa shape index (κ3) is 4.83. The summed E-state index contributed by atoms with van der Waals surface area (Å²) in [6, 6.07) is 9.77. The fourth-order valence-electron chi connectivity index (χ4n) is 3.07. The van der Waals surface area contributed by atoms with Gasteiger partial charge in [0.15, 0.2) is 0 Å². The second-order valence-corrected chi connectivity index (χ2v) is 9.39. The summed E-state index contributed by atoms with van der Waals surface area (Å²) in [5.41, 5.74) is 0.800. The van der Waals surface area contributed by atoms with Crippen LogP contribution in [0.4, 0.5) is 9.18 Å². The van der Waals surface area contributed by atoms with Gasteiger partial charge in [-0.2, -0.15) is 4.31 Å². The molecule has 3 rings (SSSR count). The van der Waals surface area contributed by atoms with Crippen LogP contribution in [0.3, 0.4) is 0 Å². The summed E-state index contributed by atoms with van der Waals surface area (Å²) in [6.07, 6.45) is 0. The summed E-state index contributed by atoms with van der Waals surface area (Å²) >= 11 is 11.9. The van der Waals surface area contributed by atoms with E-state index < -0.39 is 15.8 Å². The van der Waals surface area contributed by atoms with Crippen molar-refractivity contribution in [3.63, 3.8) is 0 Å². The van der Waals surface area contributed by atoms with Crippen LogP contribution in [0.2, 0.25) is 10.0 Å². The van der Waals surface area contributed by atoms with Crippen LogP contribution in [0, 0.1) is 5.82 Å². The zero-order chi connectivity index (χ0) is 21.2. The number of hydrogen-bond acceptors (Lipinski definition) is 3. The molecule has 1 heterocycles. The number of hydrogen-bond donors (Lipinski definition) is 1. The lowest BCUT2D eigenvalue weighted by Gasteiger charge is -2.34. The summed E-state index contributed by atoms with van der Waals surface area (Å²) in [7, 11) is -3.94. The van der Waals surface area contributed by atoms with Gasteiger partial charge in [-0.15, -0.1) is 0 Å². The van der Waals surface area contributed by atoms with Crippen molar-refractivity contribution in [2.45, 2.75) is 17.9 Å². The Morgan fingerprint density at radius 2 is 1.72 bits per heavy atom. The molecule has 29 heavy (non-hydrogen) atoms. The van der Waals surface area contributed by atoms with Gasteiger partial charge in [-0.1, -0.05) is 41.4 Å². The summed E-state index contributed by atoms with van der Waals surface area (Å²) in [4.78, 5) is 13.7. The molecule has 0 saturated carbocycles. The number of amides is 2.